The van der Waals surface area contributed by atoms with Crippen LogP contribution >= 0.6 is 0 Å². The van der Waals surface area contributed by atoms with E-state index in [-0.39, 0.29) is 72.4 Å². The third kappa shape index (κ3) is 7.87. The van der Waals surface area contributed by atoms with Gasteiger partial charge < -0.3 is 48.8 Å². The molecule has 1 fully saturated rings. The number of aromatic nitrogens is 6. The zero-order valence-electron chi connectivity index (χ0n) is 29.8. The Balaban J connectivity index is 1.000. The molecule has 2 aliphatic heterocycles. The van der Waals surface area contributed by atoms with E-state index in [9.17, 15) is 24.0 Å². The second-order valence-electron chi connectivity index (χ2n) is 12.3. The number of anilines is 3. The standard InChI is InChI=1S/C34H39N11O8/c1-6-52-34(50)30-39-26(18-44(30)4)41-32(48)29-38-25(17-43(29)3)40-31(47)28-37-24(16-42(28)2)36-27(46)10-8-12-53-23-14-21-20(13-22(23)51-5)33(49)45-11-7-9-19(45)15-35-21/h13-19H,6-12H2,1-5H3,(H,36,46)(H,40,47)(H,41,48)/t19-/m0/s1. The molecule has 1 atom stereocenters. The van der Waals surface area contributed by atoms with Crippen LogP contribution in [0.4, 0.5) is 23.1 Å². The number of amides is 4. The molecule has 0 radical (unpaired) electrons. The highest BCUT2D eigenvalue weighted by Crippen LogP contribution is 2.38. The lowest BCUT2D eigenvalue weighted by Crippen LogP contribution is -2.35. The van der Waals surface area contributed by atoms with E-state index in [1.54, 1.807) is 46.4 Å². The van der Waals surface area contributed by atoms with Crippen molar-refractivity contribution in [1.82, 2.24) is 33.6 Å². The quantitative estimate of drug-likeness (QED) is 0.134. The monoisotopic (exact) mass is 729 g/mol. The summed E-state index contributed by atoms with van der Waals surface area (Å²) in [6, 6.07) is 3.31. The number of esters is 1. The Morgan fingerprint density at radius 2 is 1.45 bits per heavy atom. The molecule has 1 aromatic carbocycles. The summed E-state index contributed by atoms with van der Waals surface area (Å²) in [5.41, 5.74) is 0.967. The number of carbonyl (C=O) groups excluding carboxylic acids is 5. The Kier molecular flexibility index (Phi) is 10.5. The maximum Gasteiger partial charge on any atom is 0.374 e. The van der Waals surface area contributed by atoms with Gasteiger partial charge in [-0.3, -0.25) is 24.2 Å². The summed E-state index contributed by atoms with van der Waals surface area (Å²) in [6.45, 7) is 2.73. The molecule has 0 bridgehead atoms. The highest BCUT2D eigenvalue weighted by molar-refractivity contribution is 6.05. The van der Waals surface area contributed by atoms with E-state index in [0.29, 0.717) is 35.7 Å². The van der Waals surface area contributed by atoms with Crippen molar-refractivity contribution in [2.75, 3.05) is 42.8 Å². The summed E-state index contributed by atoms with van der Waals surface area (Å²) < 4.78 is 20.6. The molecular weight excluding hydrogens is 690 g/mol. The van der Waals surface area contributed by atoms with Crippen LogP contribution in [0.5, 0.6) is 11.5 Å². The molecule has 3 N–H and O–H groups in total. The van der Waals surface area contributed by atoms with Crippen LogP contribution in [0.15, 0.2) is 35.7 Å². The summed E-state index contributed by atoms with van der Waals surface area (Å²) in [7, 11) is 6.25. The van der Waals surface area contributed by atoms with Crippen molar-refractivity contribution in [2.45, 2.75) is 38.6 Å². The molecule has 0 aliphatic carbocycles. The van der Waals surface area contributed by atoms with Crippen LogP contribution in [0.3, 0.4) is 0 Å². The SMILES string of the molecule is CCOC(=O)c1nc(NC(=O)c2nc(NC(=O)c3nc(NC(=O)CCCOc4cc5c(cc4OC)C(=O)N4CCC[C@H]4C=N5)cn3C)cn2C)cn1C. The largest absolute Gasteiger partial charge is 0.493 e. The number of imidazole rings is 3. The highest BCUT2D eigenvalue weighted by atomic mass is 16.5. The number of hydrogen-bond acceptors (Lipinski definition) is 12. The Morgan fingerprint density at radius 1 is 0.849 bits per heavy atom. The fraction of sp³-hybridized carbons (Fsp3) is 0.382. The first-order chi connectivity index (χ1) is 25.4. The number of aryl methyl sites for hydroxylation is 3. The van der Waals surface area contributed by atoms with Crippen LogP contribution in [0.2, 0.25) is 0 Å². The lowest BCUT2D eigenvalue weighted by atomic mass is 10.1. The van der Waals surface area contributed by atoms with Gasteiger partial charge in [0.15, 0.2) is 29.0 Å². The fourth-order valence-corrected chi connectivity index (χ4v) is 5.97. The number of hydrogen-bond donors (Lipinski definition) is 3. The van der Waals surface area contributed by atoms with Gasteiger partial charge in [-0.2, -0.15) is 0 Å². The van der Waals surface area contributed by atoms with Gasteiger partial charge in [-0.15, -0.1) is 0 Å². The molecule has 4 aromatic rings. The minimum absolute atomic E-state index is 0.0158. The molecule has 19 nitrogen and oxygen atoms in total. The lowest BCUT2D eigenvalue weighted by molar-refractivity contribution is -0.116. The lowest BCUT2D eigenvalue weighted by Gasteiger charge is -2.20. The van der Waals surface area contributed by atoms with E-state index in [4.69, 9.17) is 14.2 Å². The maximum atomic E-state index is 13.1. The van der Waals surface area contributed by atoms with Gasteiger partial charge in [0.05, 0.1) is 37.6 Å². The van der Waals surface area contributed by atoms with Crippen molar-refractivity contribution in [2.24, 2.45) is 26.1 Å². The first-order valence-corrected chi connectivity index (χ1v) is 16.9. The average Bonchev–Trinajstić information content (AvgIpc) is 3.90. The van der Waals surface area contributed by atoms with E-state index >= 15 is 0 Å². The summed E-state index contributed by atoms with van der Waals surface area (Å²) in [5, 5.41) is 7.87. The number of methoxy groups -OCH3 is 1. The zero-order valence-corrected chi connectivity index (χ0v) is 29.8. The zero-order chi connectivity index (χ0) is 37.8. The van der Waals surface area contributed by atoms with Gasteiger partial charge in [0.2, 0.25) is 23.4 Å². The van der Waals surface area contributed by atoms with E-state index in [2.05, 4.69) is 35.9 Å². The number of rotatable bonds is 13. The van der Waals surface area contributed by atoms with Gasteiger partial charge in [0.25, 0.3) is 17.7 Å². The Morgan fingerprint density at radius 3 is 2.08 bits per heavy atom. The molecule has 53 heavy (non-hydrogen) atoms. The number of ether oxygens (including phenoxy) is 3. The predicted molar refractivity (Wildman–Crippen MR) is 190 cm³/mol. The predicted octanol–water partition coefficient (Wildman–Crippen LogP) is 2.70. The van der Waals surface area contributed by atoms with E-state index in [1.807, 2.05) is 4.90 Å². The summed E-state index contributed by atoms with van der Waals surface area (Å²) >= 11 is 0. The molecule has 278 valence electrons. The van der Waals surface area contributed by atoms with E-state index in [0.717, 1.165) is 12.8 Å². The molecule has 6 rings (SSSR count). The van der Waals surface area contributed by atoms with Crippen molar-refractivity contribution >= 4 is 59.0 Å². The molecule has 2 aliphatic rings. The molecular formula is C34H39N11O8. The fourth-order valence-electron chi connectivity index (χ4n) is 5.97. The van der Waals surface area contributed by atoms with Crippen LogP contribution in [-0.2, 0) is 30.7 Å². The summed E-state index contributed by atoms with van der Waals surface area (Å²) in [6.07, 6.45) is 8.46. The summed E-state index contributed by atoms with van der Waals surface area (Å²) in [4.78, 5) is 82.8. The number of aliphatic imine (C=N–C) groups is 1. The molecule has 0 unspecified atom stereocenters. The number of nitrogens with one attached hydrogen (secondary N) is 3. The number of nitrogens with zero attached hydrogens (tertiary/aromatic N) is 8. The van der Waals surface area contributed by atoms with Crippen LogP contribution < -0.4 is 25.4 Å². The minimum atomic E-state index is -0.630. The topological polar surface area (TPSA) is 218 Å². The number of benzene rings is 1. The maximum absolute atomic E-state index is 13.1. The van der Waals surface area contributed by atoms with Gasteiger partial charge in [-0.05, 0) is 32.3 Å². The second-order valence-corrected chi connectivity index (χ2v) is 12.3. The van der Waals surface area contributed by atoms with Crippen LogP contribution in [-0.4, -0.2) is 102 Å². The van der Waals surface area contributed by atoms with Crippen LogP contribution in [0, 0.1) is 0 Å². The Bertz CT molecular complexity index is 2110. The van der Waals surface area contributed by atoms with E-state index < -0.39 is 17.8 Å². The second kappa shape index (κ2) is 15.4. The van der Waals surface area contributed by atoms with Gasteiger partial charge >= 0.3 is 5.97 Å². The molecule has 19 heteroatoms. The average molecular weight is 730 g/mol. The van der Waals surface area contributed by atoms with Crippen molar-refractivity contribution in [3.05, 3.63) is 53.8 Å². The molecule has 3 aromatic heterocycles. The molecule has 0 saturated carbocycles. The van der Waals surface area contributed by atoms with Gasteiger partial charge in [0, 0.05) is 65.0 Å². The number of fused-ring (bicyclic) bond motifs is 2. The van der Waals surface area contributed by atoms with Crippen molar-refractivity contribution in [1.29, 1.82) is 0 Å². The highest BCUT2D eigenvalue weighted by Gasteiger charge is 2.32. The van der Waals surface area contributed by atoms with E-state index in [1.165, 1.54) is 39.4 Å². The smallest absolute Gasteiger partial charge is 0.374 e. The molecule has 4 amide bonds. The van der Waals surface area contributed by atoms with Crippen LogP contribution in [0.1, 0.15) is 74.8 Å². The van der Waals surface area contributed by atoms with Gasteiger partial charge in [-0.25, -0.2) is 19.7 Å². The third-order valence-corrected chi connectivity index (χ3v) is 8.51. The number of carbonyl (C=O) groups is 5. The normalized spacial score (nSPS) is 14.6. The first-order valence-electron chi connectivity index (χ1n) is 16.9. The van der Waals surface area contributed by atoms with Gasteiger partial charge in [-0.1, -0.05) is 0 Å². The molecule has 1 saturated heterocycles. The van der Waals surface area contributed by atoms with Crippen LogP contribution in [0.25, 0.3) is 0 Å². The Hall–Kier alpha value is -6.53. The first kappa shape index (κ1) is 36.3. The third-order valence-electron chi connectivity index (χ3n) is 8.51. The van der Waals surface area contributed by atoms with Crippen molar-refractivity contribution in [3.8, 4) is 11.5 Å². The summed E-state index contributed by atoms with van der Waals surface area (Å²) in [5.74, 6) is -1.18. The van der Waals surface area contributed by atoms with Gasteiger partial charge in [0.1, 0.15) is 0 Å². The Labute approximate surface area is 303 Å². The minimum Gasteiger partial charge on any atom is -0.493 e. The molecule has 0 spiro atoms. The van der Waals surface area contributed by atoms with Crippen molar-refractivity contribution in [3.63, 3.8) is 0 Å². The van der Waals surface area contributed by atoms with Crippen molar-refractivity contribution < 1.29 is 38.2 Å². The molecule has 5 heterocycles.